The number of carbonyl (C=O) groups is 1. The third-order valence-electron chi connectivity index (χ3n) is 4.03. The van der Waals surface area contributed by atoms with E-state index in [2.05, 4.69) is 17.2 Å². The van der Waals surface area contributed by atoms with E-state index in [-0.39, 0.29) is 0 Å². The quantitative estimate of drug-likeness (QED) is 0.856. The van der Waals surface area contributed by atoms with Gasteiger partial charge in [0.05, 0.1) is 11.3 Å². The topological polar surface area (TPSA) is 62.2 Å². The third kappa shape index (κ3) is 4.03. The Morgan fingerprint density at radius 3 is 2.89 bits per heavy atom. The molecule has 1 aliphatic rings. The van der Waals surface area contributed by atoms with Gasteiger partial charge in [-0.2, -0.15) is 0 Å². The molecule has 0 aromatic carbocycles. The van der Waals surface area contributed by atoms with E-state index in [1.165, 1.54) is 38.2 Å². The second-order valence-corrected chi connectivity index (χ2v) is 5.41. The molecule has 0 radical (unpaired) electrons. The third-order valence-corrected chi connectivity index (χ3v) is 4.03. The summed E-state index contributed by atoms with van der Waals surface area (Å²) >= 11 is 0. The van der Waals surface area contributed by atoms with Gasteiger partial charge in [-0.1, -0.05) is 19.3 Å². The van der Waals surface area contributed by atoms with E-state index in [0.717, 1.165) is 11.6 Å². The fraction of sp³-hybridized carbons (Fsp3) is 0.600. The summed E-state index contributed by atoms with van der Waals surface area (Å²) in [7, 11) is 0. The zero-order chi connectivity index (χ0) is 13.7. The number of hydrogen-bond donors (Lipinski definition) is 2. The second kappa shape index (κ2) is 6.66. The Morgan fingerprint density at radius 2 is 2.21 bits per heavy atom. The molecule has 1 aromatic rings. The van der Waals surface area contributed by atoms with Gasteiger partial charge in [0.2, 0.25) is 0 Å². The first-order valence-corrected chi connectivity index (χ1v) is 7.08. The van der Waals surface area contributed by atoms with E-state index in [9.17, 15) is 4.79 Å². The maximum absolute atomic E-state index is 10.9. The number of rotatable bonds is 5. The molecule has 1 fully saturated rings. The molecule has 0 amide bonds. The highest BCUT2D eigenvalue weighted by Crippen LogP contribution is 2.26. The predicted octanol–water partition coefficient (Wildman–Crippen LogP) is 2.84. The molecule has 1 atom stereocenters. The monoisotopic (exact) mass is 262 g/mol. The lowest BCUT2D eigenvalue weighted by Gasteiger charge is -2.28. The lowest BCUT2D eigenvalue weighted by atomic mass is 9.84. The van der Waals surface area contributed by atoms with Crippen molar-refractivity contribution in [2.45, 2.75) is 51.6 Å². The van der Waals surface area contributed by atoms with Crippen LogP contribution >= 0.6 is 0 Å². The summed E-state index contributed by atoms with van der Waals surface area (Å²) in [6, 6.07) is 3.63. The van der Waals surface area contributed by atoms with Crippen molar-refractivity contribution in [1.29, 1.82) is 0 Å². The Labute approximate surface area is 114 Å². The van der Waals surface area contributed by atoms with Crippen LogP contribution in [0.15, 0.2) is 18.3 Å². The molecule has 1 saturated carbocycles. The fourth-order valence-electron chi connectivity index (χ4n) is 2.77. The van der Waals surface area contributed by atoms with Gasteiger partial charge in [0.25, 0.3) is 0 Å². The zero-order valence-corrected chi connectivity index (χ0v) is 11.4. The number of carboxylic acid groups (broad SMARTS) is 1. The van der Waals surface area contributed by atoms with Crippen LogP contribution in [0.25, 0.3) is 0 Å². The molecule has 19 heavy (non-hydrogen) atoms. The minimum absolute atomic E-state index is 0.303. The molecular formula is C15H22N2O2. The van der Waals surface area contributed by atoms with Gasteiger partial charge in [0, 0.05) is 18.8 Å². The molecule has 2 N–H and O–H groups in total. The molecule has 4 heteroatoms. The molecule has 0 spiro atoms. The lowest BCUT2D eigenvalue weighted by Crippen LogP contribution is -2.34. The molecule has 104 valence electrons. The first-order chi connectivity index (χ1) is 9.16. The zero-order valence-electron chi connectivity index (χ0n) is 11.4. The Bertz CT molecular complexity index is 428. The molecule has 0 saturated heterocycles. The van der Waals surface area contributed by atoms with E-state index in [0.29, 0.717) is 18.2 Å². The molecule has 4 nitrogen and oxygen atoms in total. The number of hydrogen-bond acceptors (Lipinski definition) is 3. The van der Waals surface area contributed by atoms with E-state index in [1.54, 1.807) is 12.3 Å². The van der Waals surface area contributed by atoms with Crippen LogP contribution in [-0.2, 0) is 6.54 Å². The SMILES string of the molecule is CC(NCc1cc(C(=O)O)ccn1)C1CCCCC1. The minimum Gasteiger partial charge on any atom is -0.478 e. The van der Waals surface area contributed by atoms with Crippen LogP contribution in [0.2, 0.25) is 0 Å². The summed E-state index contributed by atoms with van der Waals surface area (Å²) in [5, 5.41) is 12.4. The molecule has 1 aromatic heterocycles. The molecule has 0 aliphatic heterocycles. The maximum Gasteiger partial charge on any atom is 0.335 e. The van der Waals surface area contributed by atoms with Crippen molar-refractivity contribution < 1.29 is 9.90 Å². The molecule has 1 aliphatic carbocycles. The average Bonchev–Trinajstić information content (AvgIpc) is 2.46. The highest BCUT2D eigenvalue weighted by Gasteiger charge is 2.19. The summed E-state index contributed by atoms with van der Waals surface area (Å²) in [6.07, 6.45) is 8.21. The van der Waals surface area contributed by atoms with Gasteiger partial charge in [-0.05, 0) is 37.8 Å². The van der Waals surface area contributed by atoms with E-state index in [4.69, 9.17) is 5.11 Å². The Morgan fingerprint density at radius 1 is 1.47 bits per heavy atom. The van der Waals surface area contributed by atoms with Gasteiger partial charge < -0.3 is 10.4 Å². The molecule has 1 heterocycles. The van der Waals surface area contributed by atoms with Gasteiger partial charge >= 0.3 is 5.97 Å². The van der Waals surface area contributed by atoms with Gasteiger partial charge in [0.1, 0.15) is 0 Å². The Balaban J connectivity index is 1.87. The van der Waals surface area contributed by atoms with Crippen LogP contribution in [0.3, 0.4) is 0 Å². The normalized spacial score (nSPS) is 18.2. The summed E-state index contributed by atoms with van der Waals surface area (Å²) in [5.74, 6) is -0.152. The summed E-state index contributed by atoms with van der Waals surface area (Å²) < 4.78 is 0. The standard InChI is InChI=1S/C15H22N2O2/c1-11(12-5-3-2-4-6-12)17-10-14-9-13(15(18)19)7-8-16-14/h7-9,11-12,17H,2-6,10H2,1H3,(H,18,19). The van der Waals surface area contributed by atoms with Crippen molar-refractivity contribution in [3.8, 4) is 0 Å². The van der Waals surface area contributed by atoms with Crippen LogP contribution < -0.4 is 5.32 Å². The summed E-state index contributed by atoms with van der Waals surface area (Å²) in [6.45, 7) is 2.86. The largest absolute Gasteiger partial charge is 0.478 e. The lowest BCUT2D eigenvalue weighted by molar-refractivity contribution is 0.0696. The van der Waals surface area contributed by atoms with E-state index in [1.807, 2.05) is 0 Å². The van der Waals surface area contributed by atoms with Gasteiger partial charge in [0.15, 0.2) is 0 Å². The molecule has 2 rings (SSSR count). The highest BCUT2D eigenvalue weighted by atomic mass is 16.4. The summed E-state index contributed by atoms with van der Waals surface area (Å²) in [4.78, 5) is 15.1. The van der Waals surface area contributed by atoms with Crippen LogP contribution in [0.5, 0.6) is 0 Å². The van der Waals surface area contributed by atoms with Gasteiger partial charge in [-0.15, -0.1) is 0 Å². The number of carboxylic acids is 1. The van der Waals surface area contributed by atoms with Crippen molar-refractivity contribution in [2.24, 2.45) is 5.92 Å². The van der Waals surface area contributed by atoms with Crippen LogP contribution in [0.1, 0.15) is 55.1 Å². The smallest absolute Gasteiger partial charge is 0.335 e. The van der Waals surface area contributed by atoms with Crippen LogP contribution in [0.4, 0.5) is 0 Å². The fourth-order valence-corrected chi connectivity index (χ4v) is 2.77. The number of aromatic carboxylic acids is 1. The first kappa shape index (κ1) is 14.0. The van der Waals surface area contributed by atoms with Crippen LogP contribution in [0, 0.1) is 5.92 Å². The highest BCUT2D eigenvalue weighted by molar-refractivity contribution is 5.87. The van der Waals surface area contributed by atoms with E-state index >= 15 is 0 Å². The maximum atomic E-state index is 10.9. The van der Waals surface area contributed by atoms with Crippen molar-refractivity contribution >= 4 is 5.97 Å². The van der Waals surface area contributed by atoms with Gasteiger partial charge in [-0.25, -0.2) is 4.79 Å². The van der Waals surface area contributed by atoms with Crippen molar-refractivity contribution in [3.05, 3.63) is 29.6 Å². The van der Waals surface area contributed by atoms with Gasteiger partial charge in [-0.3, -0.25) is 4.98 Å². The number of pyridine rings is 1. The molecular weight excluding hydrogens is 240 g/mol. The average molecular weight is 262 g/mol. The first-order valence-electron chi connectivity index (χ1n) is 7.08. The predicted molar refractivity (Wildman–Crippen MR) is 74.1 cm³/mol. The molecule has 1 unspecified atom stereocenters. The van der Waals surface area contributed by atoms with E-state index < -0.39 is 5.97 Å². The van der Waals surface area contributed by atoms with Crippen molar-refractivity contribution in [2.75, 3.05) is 0 Å². The minimum atomic E-state index is -0.899. The number of nitrogens with one attached hydrogen (secondary N) is 1. The molecule has 0 bridgehead atoms. The second-order valence-electron chi connectivity index (χ2n) is 5.41. The summed E-state index contributed by atoms with van der Waals surface area (Å²) in [5.41, 5.74) is 1.10. The Hall–Kier alpha value is -1.42. The number of nitrogens with zero attached hydrogens (tertiary/aromatic N) is 1. The van der Waals surface area contributed by atoms with Crippen molar-refractivity contribution in [1.82, 2.24) is 10.3 Å². The number of aromatic nitrogens is 1. The van der Waals surface area contributed by atoms with Crippen molar-refractivity contribution in [3.63, 3.8) is 0 Å². The van der Waals surface area contributed by atoms with Crippen LogP contribution in [-0.4, -0.2) is 22.1 Å². The Kier molecular flexibility index (Phi) is 4.91.